The number of fused-ring (bicyclic) bond motifs is 1. The topological polar surface area (TPSA) is 64.3 Å². The Kier molecular flexibility index (Phi) is 3.38. The summed E-state index contributed by atoms with van der Waals surface area (Å²) in [6.07, 6.45) is 1.71. The molecule has 19 heavy (non-hydrogen) atoms. The van der Waals surface area contributed by atoms with E-state index >= 15 is 0 Å². The van der Waals surface area contributed by atoms with Gasteiger partial charge < -0.3 is 15.4 Å². The Bertz CT molecular complexity index is 583. The van der Waals surface area contributed by atoms with Gasteiger partial charge in [0.1, 0.15) is 17.0 Å². The Balaban J connectivity index is 1.95. The Labute approximate surface area is 116 Å². The van der Waals surface area contributed by atoms with Crippen molar-refractivity contribution in [2.75, 3.05) is 24.6 Å². The number of thiophene rings is 1. The van der Waals surface area contributed by atoms with Crippen molar-refractivity contribution < 1.29 is 4.74 Å². The fourth-order valence-corrected chi connectivity index (χ4v) is 3.24. The molecule has 102 valence electrons. The molecule has 2 N–H and O–H groups in total. The molecule has 3 heterocycles. The van der Waals surface area contributed by atoms with Crippen LogP contribution in [0.4, 0.5) is 5.82 Å². The molecule has 0 bridgehead atoms. The zero-order valence-electron chi connectivity index (χ0n) is 11.2. The number of hydrogen-bond acceptors (Lipinski definition) is 6. The lowest BCUT2D eigenvalue weighted by Crippen LogP contribution is -2.49. The van der Waals surface area contributed by atoms with E-state index in [9.17, 15) is 0 Å². The molecule has 0 saturated carbocycles. The molecule has 2 aromatic rings. The molecule has 0 aromatic carbocycles. The standard InChI is InChI=1S/C13H18N4OS/c1-8-5-10-12(15-7-16-13(10)19-8)17-3-4-18-11(6-17)9(2)14/h5,7,9,11H,3-4,6,14H2,1-2H3. The zero-order valence-corrected chi connectivity index (χ0v) is 12.0. The van der Waals surface area contributed by atoms with Crippen LogP contribution in [-0.4, -0.2) is 41.8 Å². The van der Waals surface area contributed by atoms with Crippen LogP contribution in [0.1, 0.15) is 11.8 Å². The highest BCUT2D eigenvalue weighted by atomic mass is 32.1. The van der Waals surface area contributed by atoms with Gasteiger partial charge in [-0.15, -0.1) is 11.3 Å². The number of ether oxygens (including phenoxy) is 1. The molecule has 0 spiro atoms. The highest BCUT2D eigenvalue weighted by molar-refractivity contribution is 7.18. The zero-order chi connectivity index (χ0) is 13.4. The number of anilines is 1. The van der Waals surface area contributed by atoms with Crippen LogP contribution in [0.3, 0.4) is 0 Å². The van der Waals surface area contributed by atoms with Crippen LogP contribution in [0, 0.1) is 6.92 Å². The molecule has 1 aliphatic heterocycles. The Morgan fingerprint density at radius 2 is 2.37 bits per heavy atom. The summed E-state index contributed by atoms with van der Waals surface area (Å²) in [5, 5.41) is 1.13. The number of aryl methyl sites for hydroxylation is 1. The largest absolute Gasteiger partial charge is 0.373 e. The molecule has 1 aliphatic rings. The number of aromatic nitrogens is 2. The van der Waals surface area contributed by atoms with E-state index in [2.05, 4.69) is 27.9 Å². The summed E-state index contributed by atoms with van der Waals surface area (Å²) in [5.74, 6) is 1.00. The fourth-order valence-electron chi connectivity index (χ4n) is 2.40. The normalized spacial score (nSPS) is 21.8. The average molecular weight is 278 g/mol. The smallest absolute Gasteiger partial charge is 0.140 e. The summed E-state index contributed by atoms with van der Waals surface area (Å²) in [5.41, 5.74) is 5.94. The van der Waals surface area contributed by atoms with E-state index in [4.69, 9.17) is 10.5 Å². The molecule has 2 atom stereocenters. The van der Waals surface area contributed by atoms with E-state index in [1.165, 1.54) is 4.88 Å². The summed E-state index contributed by atoms with van der Waals surface area (Å²) in [6.45, 7) is 6.42. The highest BCUT2D eigenvalue weighted by Crippen LogP contribution is 2.30. The first-order valence-corrected chi connectivity index (χ1v) is 7.30. The van der Waals surface area contributed by atoms with Crippen molar-refractivity contribution in [1.29, 1.82) is 0 Å². The fraction of sp³-hybridized carbons (Fsp3) is 0.538. The molecular formula is C13H18N4OS. The average Bonchev–Trinajstić information content (AvgIpc) is 2.78. The van der Waals surface area contributed by atoms with E-state index < -0.39 is 0 Å². The van der Waals surface area contributed by atoms with E-state index in [1.807, 2.05) is 6.92 Å². The van der Waals surface area contributed by atoms with Crippen LogP contribution in [0.15, 0.2) is 12.4 Å². The second kappa shape index (κ2) is 5.03. The summed E-state index contributed by atoms with van der Waals surface area (Å²) in [7, 11) is 0. The van der Waals surface area contributed by atoms with Crippen LogP contribution in [0.25, 0.3) is 10.2 Å². The lowest BCUT2D eigenvalue weighted by molar-refractivity contribution is 0.0274. The van der Waals surface area contributed by atoms with Gasteiger partial charge in [0.05, 0.1) is 18.1 Å². The van der Waals surface area contributed by atoms with Crippen LogP contribution in [0.5, 0.6) is 0 Å². The molecule has 0 aliphatic carbocycles. The number of nitrogens with zero attached hydrogens (tertiary/aromatic N) is 3. The Hall–Kier alpha value is -1.24. The second-order valence-electron chi connectivity index (χ2n) is 4.99. The Morgan fingerprint density at radius 1 is 1.53 bits per heavy atom. The van der Waals surface area contributed by atoms with Gasteiger partial charge in [-0.3, -0.25) is 0 Å². The van der Waals surface area contributed by atoms with Gasteiger partial charge in [-0.2, -0.15) is 0 Å². The number of rotatable bonds is 2. The van der Waals surface area contributed by atoms with E-state index in [1.54, 1.807) is 17.7 Å². The maximum atomic E-state index is 5.94. The van der Waals surface area contributed by atoms with Gasteiger partial charge in [0, 0.05) is 24.0 Å². The third kappa shape index (κ3) is 2.43. The molecule has 1 fully saturated rings. The Morgan fingerprint density at radius 3 is 3.16 bits per heavy atom. The van der Waals surface area contributed by atoms with Crippen molar-refractivity contribution in [2.24, 2.45) is 5.73 Å². The third-order valence-corrected chi connectivity index (χ3v) is 4.37. The molecule has 0 amide bonds. The number of nitrogens with two attached hydrogens (primary N) is 1. The lowest BCUT2D eigenvalue weighted by Gasteiger charge is -2.35. The van der Waals surface area contributed by atoms with Crippen molar-refractivity contribution in [3.05, 3.63) is 17.3 Å². The lowest BCUT2D eigenvalue weighted by atomic mass is 10.1. The van der Waals surface area contributed by atoms with Gasteiger partial charge in [0.2, 0.25) is 0 Å². The van der Waals surface area contributed by atoms with Crippen molar-refractivity contribution in [3.63, 3.8) is 0 Å². The molecule has 2 unspecified atom stereocenters. The number of hydrogen-bond donors (Lipinski definition) is 1. The molecule has 0 radical (unpaired) electrons. The van der Waals surface area contributed by atoms with Crippen molar-refractivity contribution in [3.8, 4) is 0 Å². The molecule has 1 saturated heterocycles. The van der Waals surface area contributed by atoms with Gasteiger partial charge in [0.15, 0.2) is 0 Å². The van der Waals surface area contributed by atoms with Crippen LogP contribution in [0.2, 0.25) is 0 Å². The molecule has 6 heteroatoms. The minimum absolute atomic E-state index is 0.0318. The van der Waals surface area contributed by atoms with E-state index in [0.717, 1.165) is 29.1 Å². The quantitative estimate of drug-likeness (QED) is 0.903. The maximum absolute atomic E-state index is 5.94. The van der Waals surface area contributed by atoms with Gasteiger partial charge in [-0.1, -0.05) is 0 Å². The highest BCUT2D eigenvalue weighted by Gasteiger charge is 2.25. The predicted octanol–water partition coefficient (Wildman–Crippen LogP) is 1.55. The van der Waals surface area contributed by atoms with Gasteiger partial charge in [-0.05, 0) is 19.9 Å². The SMILES string of the molecule is Cc1cc2c(N3CCOC(C(C)N)C3)ncnc2s1. The first-order valence-electron chi connectivity index (χ1n) is 6.48. The first-order chi connectivity index (χ1) is 9.15. The summed E-state index contributed by atoms with van der Waals surface area (Å²) < 4.78 is 5.70. The molecule has 3 rings (SSSR count). The molecular weight excluding hydrogens is 260 g/mol. The van der Waals surface area contributed by atoms with Gasteiger partial charge in [-0.25, -0.2) is 9.97 Å². The van der Waals surface area contributed by atoms with Crippen molar-refractivity contribution >= 4 is 27.4 Å². The third-order valence-electron chi connectivity index (χ3n) is 3.41. The first kappa shape index (κ1) is 12.8. The summed E-state index contributed by atoms with van der Waals surface area (Å²) >= 11 is 1.70. The van der Waals surface area contributed by atoms with Crippen LogP contribution >= 0.6 is 11.3 Å². The van der Waals surface area contributed by atoms with Crippen LogP contribution < -0.4 is 10.6 Å². The maximum Gasteiger partial charge on any atom is 0.140 e. The van der Waals surface area contributed by atoms with Crippen LogP contribution in [-0.2, 0) is 4.74 Å². The van der Waals surface area contributed by atoms with Gasteiger partial charge in [0.25, 0.3) is 0 Å². The second-order valence-corrected chi connectivity index (χ2v) is 6.22. The number of morpholine rings is 1. The predicted molar refractivity (Wildman–Crippen MR) is 77.8 cm³/mol. The summed E-state index contributed by atoms with van der Waals surface area (Å²) in [4.78, 5) is 13.4. The van der Waals surface area contributed by atoms with Crippen molar-refractivity contribution in [2.45, 2.75) is 26.0 Å². The minimum atomic E-state index is 0.0318. The monoisotopic (exact) mass is 278 g/mol. The molecule has 2 aromatic heterocycles. The van der Waals surface area contributed by atoms with Crippen molar-refractivity contribution in [1.82, 2.24) is 9.97 Å². The minimum Gasteiger partial charge on any atom is -0.373 e. The van der Waals surface area contributed by atoms with Gasteiger partial charge >= 0.3 is 0 Å². The molecule has 5 nitrogen and oxygen atoms in total. The van der Waals surface area contributed by atoms with E-state index in [-0.39, 0.29) is 12.1 Å². The van der Waals surface area contributed by atoms with E-state index in [0.29, 0.717) is 6.61 Å². The summed E-state index contributed by atoms with van der Waals surface area (Å²) in [6, 6.07) is 2.19.